The van der Waals surface area contributed by atoms with Crippen molar-refractivity contribution >= 4 is 5.91 Å². The standard InChI is InChI=1S/C24H34FN5O3/c1-17(2)13-30-9-10-32-21(15-30)12-26-22(31)16-29-8-4-6-19(14-29)24-27-23(28-33-24)18-5-3-7-20(25)11-18/h3,5,7,11,17,19,21H,4,6,8-10,12-16H2,1-2H3,(H,26,31). The van der Waals surface area contributed by atoms with Crippen molar-refractivity contribution in [2.75, 3.05) is 52.4 Å². The van der Waals surface area contributed by atoms with Crippen molar-refractivity contribution in [2.45, 2.75) is 38.7 Å². The Morgan fingerprint density at radius 1 is 1.27 bits per heavy atom. The van der Waals surface area contributed by atoms with Gasteiger partial charge in [0, 0.05) is 38.3 Å². The first-order chi connectivity index (χ1) is 16.0. The van der Waals surface area contributed by atoms with E-state index in [0.29, 0.717) is 49.4 Å². The van der Waals surface area contributed by atoms with E-state index < -0.39 is 0 Å². The zero-order valence-electron chi connectivity index (χ0n) is 19.5. The van der Waals surface area contributed by atoms with Crippen LogP contribution in [0.3, 0.4) is 0 Å². The van der Waals surface area contributed by atoms with Crippen molar-refractivity contribution in [3.05, 3.63) is 36.0 Å². The Bertz CT molecular complexity index is 921. The van der Waals surface area contributed by atoms with Crippen LogP contribution >= 0.6 is 0 Å². The number of carbonyl (C=O) groups excluding carboxylic acids is 1. The summed E-state index contributed by atoms with van der Waals surface area (Å²) >= 11 is 0. The number of carbonyl (C=O) groups is 1. The predicted molar refractivity (Wildman–Crippen MR) is 122 cm³/mol. The molecule has 3 heterocycles. The van der Waals surface area contributed by atoms with Crippen LogP contribution in [0.25, 0.3) is 11.4 Å². The number of halogens is 1. The summed E-state index contributed by atoms with van der Waals surface area (Å²) in [7, 11) is 0. The second-order valence-corrected chi connectivity index (χ2v) is 9.49. The van der Waals surface area contributed by atoms with Gasteiger partial charge < -0.3 is 14.6 Å². The van der Waals surface area contributed by atoms with E-state index in [1.165, 1.54) is 12.1 Å². The van der Waals surface area contributed by atoms with E-state index in [1.54, 1.807) is 12.1 Å². The number of hydrogen-bond acceptors (Lipinski definition) is 7. The quantitative estimate of drug-likeness (QED) is 0.649. The molecule has 0 bridgehead atoms. The average molecular weight is 460 g/mol. The lowest BCUT2D eigenvalue weighted by molar-refractivity contribution is -0.123. The van der Waals surface area contributed by atoms with E-state index in [9.17, 15) is 9.18 Å². The van der Waals surface area contributed by atoms with Crippen LogP contribution in [0.15, 0.2) is 28.8 Å². The van der Waals surface area contributed by atoms with Crippen LogP contribution in [0.4, 0.5) is 4.39 Å². The third-order valence-corrected chi connectivity index (χ3v) is 6.12. The molecule has 2 aliphatic heterocycles. The Balaban J connectivity index is 1.25. The minimum Gasteiger partial charge on any atom is -0.374 e. The van der Waals surface area contributed by atoms with Crippen molar-refractivity contribution < 1.29 is 18.4 Å². The van der Waals surface area contributed by atoms with Gasteiger partial charge in [0.05, 0.1) is 25.2 Å². The van der Waals surface area contributed by atoms with Gasteiger partial charge in [-0.15, -0.1) is 0 Å². The molecule has 0 saturated carbocycles. The van der Waals surface area contributed by atoms with Crippen LogP contribution in [0, 0.1) is 11.7 Å². The maximum absolute atomic E-state index is 13.5. The van der Waals surface area contributed by atoms with Crippen molar-refractivity contribution in [1.82, 2.24) is 25.3 Å². The van der Waals surface area contributed by atoms with E-state index >= 15 is 0 Å². The number of hydrogen-bond donors (Lipinski definition) is 1. The highest BCUT2D eigenvalue weighted by Gasteiger charge is 2.28. The number of nitrogens with zero attached hydrogens (tertiary/aromatic N) is 4. The Labute approximate surface area is 194 Å². The van der Waals surface area contributed by atoms with E-state index in [0.717, 1.165) is 39.0 Å². The minimum atomic E-state index is -0.333. The van der Waals surface area contributed by atoms with Gasteiger partial charge in [0.1, 0.15) is 5.82 Å². The van der Waals surface area contributed by atoms with Gasteiger partial charge in [-0.3, -0.25) is 14.6 Å². The lowest BCUT2D eigenvalue weighted by Crippen LogP contribution is -2.50. The van der Waals surface area contributed by atoms with Gasteiger partial charge in [0.2, 0.25) is 17.6 Å². The summed E-state index contributed by atoms with van der Waals surface area (Å²) in [5, 5.41) is 7.07. The Kier molecular flexibility index (Phi) is 8.06. The van der Waals surface area contributed by atoms with Crippen molar-refractivity contribution in [3.63, 3.8) is 0 Å². The molecule has 0 spiro atoms. The van der Waals surface area contributed by atoms with Crippen molar-refractivity contribution in [1.29, 1.82) is 0 Å². The maximum Gasteiger partial charge on any atom is 0.234 e. The van der Waals surface area contributed by atoms with E-state index in [2.05, 4.69) is 39.1 Å². The lowest BCUT2D eigenvalue weighted by atomic mass is 9.98. The molecule has 2 aliphatic rings. The SMILES string of the molecule is CC(C)CN1CCOC(CNC(=O)CN2CCCC(c3nc(-c4cccc(F)c4)no3)C2)C1. The molecule has 2 saturated heterocycles. The first kappa shape index (κ1) is 23.8. The normalized spacial score (nSPS) is 22.5. The second-order valence-electron chi connectivity index (χ2n) is 9.49. The summed E-state index contributed by atoms with van der Waals surface area (Å²) in [5.74, 6) is 1.28. The first-order valence-electron chi connectivity index (χ1n) is 11.9. The van der Waals surface area contributed by atoms with Crippen LogP contribution in [-0.2, 0) is 9.53 Å². The fourth-order valence-corrected chi connectivity index (χ4v) is 4.62. The van der Waals surface area contributed by atoms with Crippen molar-refractivity contribution in [3.8, 4) is 11.4 Å². The number of morpholine rings is 1. The lowest BCUT2D eigenvalue weighted by Gasteiger charge is -2.34. The Morgan fingerprint density at radius 2 is 2.15 bits per heavy atom. The molecular formula is C24H34FN5O3. The topological polar surface area (TPSA) is 83.7 Å². The van der Waals surface area contributed by atoms with Gasteiger partial charge in [-0.1, -0.05) is 31.1 Å². The Morgan fingerprint density at radius 3 is 2.97 bits per heavy atom. The average Bonchev–Trinajstić information content (AvgIpc) is 3.28. The molecule has 180 valence electrons. The van der Waals surface area contributed by atoms with Gasteiger partial charge in [-0.2, -0.15) is 4.98 Å². The maximum atomic E-state index is 13.5. The number of piperidine rings is 1. The zero-order chi connectivity index (χ0) is 23.2. The first-order valence-corrected chi connectivity index (χ1v) is 11.9. The number of aromatic nitrogens is 2. The predicted octanol–water partition coefficient (Wildman–Crippen LogP) is 2.53. The fraction of sp³-hybridized carbons (Fsp3) is 0.625. The third kappa shape index (κ3) is 6.82. The van der Waals surface area contributed by atoms with E-state index in [1.807, 2.05) is 0 Å². The van der Waals surface area contributed by atoms with Crippen molar-refractivity contribution in [2.24, 2.45) is 5.92 Å². The molecule has 33 heavy (non-hydrogen) atoms. The molecule has 8 nitrogen and oxygen atoms in total. The summed E-state index contributed by atoms with van der Waals surface area (Å²) < 4.78 is 24.8. The smallest absolute Gasteiger partial charge is 0.234 e. The Hall–Kier alpha value is -2.36. The van der Waals surface area contributed by atoms with Crippen LogP contribution in [0.5, 0.6) is 0 Å². The molecule has 1 aromatic carbocycles. The molecule has 0 aliphatic carbocycles. The van der Waals surface area contributed by atoms with Gasteiger partial charge in [-0.05, 0) is 37.4 Å². The van der Waals surface area contributed by atoms with Gasteiger partial charge in [0.25, 0.3) is 0 Å². The molecule has 2 atom stereocenters. The summed E-state index contributed by atoms with van der Waals surface area (Å²) in [6.45, 7) is 10.4. The minimum absolute atomic E-state index is 0.00575. The second kappa shape index (κ2) is 11.2. The summed E-state index contributed by atoms with van der Waals surface area (Å²) in [4.78, 5) is 21.6. The largest absolute Gasteiger partial charge is 0.374 e. The molecular weight excluding hydrogens is 425 g/mol. The van der Waals surface area contributed by atoms with Crippen LogP contribution in [-0.4, -0.2) is 84.4 Å². The fourth-order valence-electron chi connectivity index (χ4n) is 4.62. The number of likely N-dealkylation sites (tertiary alicyclic amines) is 1. The molecule has 2 fully saturated rings. The molecule has 2 unspecified atom stereocenters. The highest BCUT2D eigenvalue weighted by molar-refractivity contribution is 5.78. The molecule has 4 rings (SSSR count). The molecule has 1 amide bonds. The van der Waals surface area contributed by atoms with Gasteiger partial charge in [-0.25, -0.2) is 4.39 Å². The summed E-state index contributed by atoms with van der Waals surface area (Å²) in [5.41, 5.74) is 0.592. The molecule has 0 radical (unpaired) electrons. The number of rotatable bonds is 8. The third-order valence-electron chi connectivity index (χ3n) is 6.12. The van der Waals surface area contributed by atoms with Gasteiger partial charge >= 0.3 is 0 Å². The number of benzene rings is 1. The number of nitrogens with one attached hydrogen (secondary N) is 1. The zero-order valence-corrected chi connectivity index (χ0v) is 19.5. The van der Waals surface area contributed by atoms with Crippen LogP contribution in [0.1, 0.15) is 38.5 Å². The van der Waals surface area contributed by atoms with Gasteiger partial charge in [0.15, 0.2) is 0 Å². The van der Waals surface area contributed by atoms with E-state index in [4.69, 9.17) is 9.26 Å². The number of amides is 1. The number of ether oxygens (including phenoxy) is 1. The molecule has 1 N–H and O–H groups in total. The monoisotopic (exact) mass is 459 g/mol. The summed E-state index contributed by atoms with van der Waals surface area (Å²) in [6, 6.07) is 6.16. The van der Waals surface area contributed by atoms with E-state index in [-0.39, 0.29) is 23.7 Å². The molecule has 1 aromatic heterocycles. The highest BCUT2D eigenvalue weighted by atomic mass is 19.1. The molecule has 9 heteroatoms. The van der Waals surface area contributed by atoms with Crippen LogP contribution < -0.4 is 5.32 Å². The highest BCUT2D eigenvalue weighted by Crippen LogP contribution is 2.27. The summed E-state index contributed by atoms with van der Waals surface area (Å²) in [6.07, 6.45) is 1.91. The van der Waals surface area contributed by atoms with Crippen LogP contribution in [0.2, 0.25) is 0 Å². The molecule has 2 aromatic rings.